The zero-order valence-corrected chi connectivity index (χ0v) is 11.0. The molecule has 4 heteroatoms. The number of aliphatic hydroxyl groups excluding tert-OH is 1. The Bertz CT molecular complexity index is 317. The van der Waals surface area contributed by atoms with Crippen molar-refractivity contribution < 1.29 is 14.6 Å². The van der Waals surface area contributed by atoms with Crippen LogP contribution >= 0.6 is 11.3 Å². The van der Waals surface area contributed by atoms with Crippen LogP contribution in [0.3, 0.4) is 0 Å². The Morgan fingerprint density at radius 3 is 2.88 bits per heavy atom. The topological polar surface area (TPSA) is 38.7 Å². The third-order valence-corrected chi connectivity index (χ3v) is 4.37. The van der Waals surface area contributed by atoms with E-state index in [0.29, 0.717) is 13.2 Å². The minimum Gasteiger partial charge on any atom is -0.390 e. The number of methoxy groups -OCH3 is 1. The number of aryl methyl sites for hydroxylation is 1. The summed E-state index contributed by atoms with van der Waals surface area (Å²) in [6.45, 7) is 1.37. The first kappa shape index (κ1) is 13.0. The highest BCUT2D eigenvalue weighted by Crippen LogP contribution is 2.30. The summed E-state index contributed by atoms with van der Waals surface area (Å²) in [5.74, 6) is 0. The Kier molecular flexibility index (Phi) is 4.56. The van der Waals surface area contributed by atoms with E-state index in [-0.39, 0.29) is 0 Å². The Morgan fingerprint density at radius 1 is 1.53 bits per heavy atom. The Morgan fingerprint density at radius 2 is 2.29 bits per heavy atom. The van der Waals surface area contributed by atoms with E-state index in [1.54, 1.807) is 18.4 Å². The Labute approximate surface area is 106 Å². The van der Waals surface area contributed by atoms with Crippen LogP contribution in [0.25, 0.3) is 0 Å². The molecule has 1 N–H and O–H groups in total. The van der Waals surface area contributed by atoms with Crippen molar-refractivity contribution in [3.63, 3.8) is 0 Å². The lowest BCUT2D eigenvalue weighted by atomic mass is 9.85. The van der Waals surface area contributed by atoms with Gasteiger partial charge in [0.2, 0.25) is 0 Å². The van der Waals surface area contributed by atoms with Crippen molar-refractivity contribution in [2.75, 3.05) is 20.3 Å². The van der Waals surface area contributed by atoms with Crippen LogP contribution in [0.1, 0.15) is 24.8 Å². The van der Waals surface area contributed by atoms with Crippen LogP contribution in [0.4, 0.5) is 0 Å². The van der Waals surface area contributed by atoms with Gasteiger partial charge in [-0.1, -0.05) is 0 Å². The van der Waals surface area contributed by atoms with Crippen LogP contribution < -0.4 is 0 Å². The van der Waals surface area contributed by atoms with Crippen molar-refractivity contribution in [2.24, 2.45) is 0 Å². The number of hydrogen-bond donors (Lipinski definition) is 1. The second kappa shape index (κ2) is 5.96. The van der Waals surface area contributed by atoms with E-state index in [9.17, 15) is 5.11 Å². The molecule has 1 saturated heterocycles. The molecule has 0 amide bonds. The number of rotatable bonds is 5. The molecule has 17 heavy (non-hydrogen) atoms. The standard InChI is InChI=1S/C13H20O3S/c1-15-13(5-7-16-8-6-13)12(14)3-2-11-4-9-17-10-11/h4,9-10,12,14H,2-3,5-8H2,1H3. The SMILES string of the molecule is COC1(C(O)CCc2ccsc2)CCOCC1. The maximum Gasteiger partial charge on any atom is 0.0980 e. The third-order valence-electron chi connectivity index (χ3n) is 3.64. The van der Waals surface area contributed by atoms with E-state index in [1.807, 2.05) is 0 Å². The fraction of sp³-hybridized carbons (Fsp3) is 0.692. The molecular formula is C13H20O3S. The summed E-state index contributed by atoms with van der Waals surface area (Å²) in [6, 6.07) is 2.11. The van der Waals surface area contributed by atoms with Crippen molar-refractivity contribution in [3.8, 4) is 0 Å². The zero-order chi connectivity index (χ0) is 12.1. The molecular weight excluding hydrogens is 236 g/mol. The molecule has 0 aromatic carbocycles. The van der Waals surface area contributed by atoms with E-state index in [1.165, 1.54) is 5.56 Å². The van der Waals surface area contributed by atoms with Crippen molar-refractivity contribution >= 4 is 11.3 Å². The highest BCUT2D eigenvalue weighted by molar-refractivity contribution is 7.07. The van der Waals surface area contributed by atoms with Gasteiger partial charge in [0.05, 0.1) is 11.7 Å². The van der Waals surface area contributed by atoms with Gasteiger partial charge in [-0.2, -0.15) is 11.3 Å². The zero-order valence-electron chi connectivity index (χ0n) is 10.2. The fourth-order valence-electron chi connectivity index (χ4n) is 2.39. The first-order valence-electron chi connectivity index (χ1n) is 6.09. The second-order valence-corrected chi connectivity index (χ2v) is 5.35. The highest BCUT2D eigenvalue weighted by Gasteiger charge is 2.39. The fourth-order valence-corrected chi connectivity index (χ4v) is 3.09. The van der Waals surface area contributed by atoms with Gasteiger partial charge in [0, 0.05) is 33.2 Å². The van der Waals surface area contributed by atoms with Crippen LogP contribution in [0.2, 0.25) is 0 Å². The van der Waals surface area contributed by atoms with Crippen LogP contribution in [0.5, 0.6) is 0 Å². The molecule has 1 fully saturated rings. The monoisotopic (exact) mass is 256 g/mol. The average Bonchev–Trinajstić information content (AvgIpc) is 2.90. The van der Waals surface area contributed by atoms with E-state index in [4.69, 9.17) is 9.47 Å². The molecule has 1 aromatic rings. The molecule has 0 saturated carbocycles. The van der Waals surface area contributed by atoms with Gasteiger partial charge in [0.15, 0.2) is 0 Å². The van der Waals surface area contributed by atoms with Crippen molar-refractivity contribution in [2.45, 2.75) is 37.4 Å². The van der Waals surface area contributed by atoms with E-state index >= 15 is 0 Å². The first-order valence-corrected chi connectivity index (χ1v) is 7.03. The molecule has 1 aromatic heterocycles. The number of hydrogen-bond acceptors (Lipinski definition) is 4. The lowest BCUT2D eigenvalue weighted by Crippen LogP contribution is -2.48. The quantitative estimate of drug-likeness (QED) is 0.878. The van der Waals surface area contributed by atoms with Gasteiger partial charge in [0.1, 0.15) is 0 Å². The van der Waals surface area contributed by atoms with Crippen LogP contribution in [0.15, 0.2) is 16.8 Å². The summed E-state index contributed by atoms with van der Waals surface area (Å²) in [5.41, 5.74) is 0.904. The van der Waals surface area contributed by atoms with Crippen molar-refractivity contribution in [1.29, 1.82) is 0 Å². The average molecular weight is 256 g/mol. The van der Waals surface area contributed by atoms with Crippen molar-refractivity contribution in [1.82, 2.24) is 0 Å². The molecule has 0 bridgehead atoms. The number of thiophene rings is 1. The van der Waals surface area contributed by atoms with Gasteiger partial charge in [0.25, 0.3) is 0 Å². The minimum atomic E-state index is -0.406. The molecule has 1 aliphatic rings. The summed E-state index contributed by atoms with van der Waals surface area (Å²) in [6.07, 6.45) is 2.83. The molecule has 2 heterocycles. The smallest absolute Gasteiger partial charge is 0.0980 e. The van der Waals surface area contributed by atoms with Crippen LogP contribution in [-0.2, 0) is 15.9 Å². The second-order valence-electron chi connectivity index (χ2n) is 4.57. The highest BCUT2D eigenvalue weighted by atomic mass is 32.1. The van der Waals surface area contributed by atoms with Gasteiger partial charge in [-0.15, -0.1) is 0 Å². The number of aliphatic hydroxyl groups is 1. The summed E-state index contributed by atoms with van der Waals surface area (Å²) in [4.78, 5) is 0. The predicted molar refractivity (Wildman–Crippen MR) is 68.4 cm³/mol. The van der Waals surface area contributed by atoms with E-state index < -0.39 is 11.7 Å². The van der Waals surface area contributed by atoms with Gasteiger partial charge in [-0.25, -0.2) is 0 Å². The maximum absolute atomic E-state index is 10.3. The molecule has 2 rings (SSSR count). The normalized spacial score (nSPS) is 21.3. The van der Waals surface area contributed by atoms with Gasteiger partial charge < -0.3 is 14.6 Å². The molecule has 1 aliphatic heterocycles. The predicted octanol–water partition coefficient (Wildman–Crippen LogP) is 2.24. The molecule has 0 radical (unpaired) electrons. The Balaban J connectivity index is 1.90. The minimum absolute atomic E-state index is 0.395. The lowest BCUT2D eigenvalue weighted by Gasteiger charge is -2.39. The summed E-state index contributed by atoms with van der Waals surface area (Å²) >= 11 is 1.70. The molecule has 1 unspecified atom stereocenters. The lowest BCUT2D eigenvalue weighted by molar-refractivity contribution is -0.153. The van der Waals surface area contributed by atoms with E-state index in [0.717, 1.165) is 25.7 Å². The van der Waals surface area contributed by atoms with Crippen molar-refractivity contribution in [3.05, 3.63) is 22.4 Å². The summed E-state index contributed by atoms with van der Waals surface area (Å²) in [7, 11) is 1.69. The molecule has 96 valence electrons. The third kappa shape index (κ3) is 3.07. The molecule has 1 atom stereocenters. The summed E-state index contributed by atoms with van der Waals surface area (Å²) in [5, 5.41) is 14.6. The van der Waals surface area contributed by atoms with Crippen LogP contribution in [-0.4, -0.2) is 37.1 Å². The molecule has 3 nitrogen and oxygen atoms in total. The van der Waals surface area contributed by atoms with E-state index in [2.05, 4.69) is 16.8 Å². The largest absolute Gasteiger partial charge is 0.390 e. The Hall–Kier alpha value is -0.420. The molecule has 0 spiro atoms. The van der Waals surface area contributed by atoms with Crippen LogP contribution in [0, 0.1) is 0 Å². The maximum atomic E-state index is 10.3. The van der Waals surface area contributed by atoms with Gasteiger partial charge in [-0.3, -0.25) is 0 Å². The van der Waals surface area contributed by atoms with Gasteiger partial charge >= 0.3 is 0 Å². The molecule has 0 aliphatic carbocycles. The first-order chi connectivity index (χ1) is 8.27. The van der Waals surface area contributed by atoms with Gasteiger partial charge in [-0.05, 0) is 35.2 Å². The summed E-state index contributed by atoms with van der Waals surface area (Å²) < 4.78 is 10.9. The number of ether oxygens (including phenoxy) is 2.